The van der Waals surface area contributed by atoms with Crippen molar-refractivity contribution in [3.8, 4) is 18.0 Å². The Hall–Kier alpha value is -4.01. The maximum Gasteiger partial charge on any atom is 0.295 e. The fourth-order valence-electron chi connectivity index (χ4n) is 2.93. The van der Waals surface area contributed by atoms with Crippen LogP contribution in [-0.2, 0) is 21.2 Å². The van der Waals surface area contributed by atoms with Crippen molar-refractivity contribution in [1.82, 2.24) is 25.4 Å². The molecule has 0 atom stereocenters. The first kappa shape index (κ1) is 23.6. The Morgan fingerprint density at radius 2 is 1.97 bits per heavy atom. The minimum absolute atomic E-state index is 0.166. The number of rotatable bonds is 8. The van der Waals surface area contributed by atoms with E-state index in [2.05, 4.69) is 15.8 Å². The van der Waals surface area contributed by atoms with Gasteiger partial charge < -0.3 is 5.32 Å². The number of carbonyl (C=O) groups excluding carboxylic acids is 2. The molecule has 0 aliphatic heterocycles. The Balaban J connectivity index is 1.71. The summed E-state index contributed by atoms with van der Waals surface area (Å²) in [6.45, 7) is 2.11. The predicted molar refractivity (Wildman–Crippen MR) is 118 cm³/mol. The Labute approximate surface area is 190 Å². The van der Waals surface area contributed by atoms with Gasteiger partial charge in [0.25, 0.3) is 21.8 Å². The van der Waals surface area contributed by atoms with Gasteiger partial charge in [0.2, 0.25) is 0 Å². The fraction of sp³-hybridized carbons (Fsp3) is 0.136. The van der Waals surface area contributed by atoms with E-state index in [4.69, 9.17) is 6.42 Å². The van der Waals surface area contributed by atoms with Crippen LogP contribution >= 0.6 is 0 Å². The summed E-state index contributed by atoms with van der Waals surface area (Å²) in [7, 11) is -4.30. The van der Waals surface area contributed by atoms with Crippen molar-refractivity contribution >= 4 is 21.8 Å². The van der Waals surface area contributed by atoms with Crippen LogP contribution in [0.15, 0.2) is 59.8 Å². The van der Waals surface area contributed by atoms with Crippen molar-refractivity contribution in [2.75, 3.05) is 6.54 Å². The third kappa shape index (κ3) is 6.03. The lowest BCUT2D eigenvalue weighted by Gasteiger charge is -2.11. The molecule has 11 heteroatoms. The van der Waals surface area contributed by atoms with Crippen molar-refractivity contribution in [3.05, 3.63) is 77.4 Å². The topological polar surface area (TPSA) is 122 Å². The van der Waals surface area contributed by atoms with Gasteiger partial charge >= 0.3 is 0 Å². The van der Waals surface area contributed by atoms with Crippen LogP contribution in [0.5, 0.6) is 0 Å². The number of hydrazine groups is 1. The number of aromatic nitrogens is 2. The molecule has 170 valence electrons. The smallest absolute Gasteiger partial charge is 0.295 e. The van der Waals surface area contributed by atoms with Gasteiger partial charge in [-0.25, -0.2) is 17.5 Å². The quantitative estimate of drug-likeness (QED) is 0.338. The lowest BCUT2D eigenvalue weighted by atomic mass is 10.1. The third-order valence-electron chi connectivity index (χ3n) is 4.48. The highest BCUT2D eigenvalue weighted by atomic mass is 32.2. The molecule has 0 fully saturated rings. The first-order chi connectivity index (χ1) is 15.7. The van der Waals surface area contributed by atoms with Gasteiger partial charge in [0.05, 0.1) is 11.9 Å². The zero-order valence-corrected chi connectivity index (χ0v) is 18.3. The van der Waals surface area contributed by atoms with Gasteiger partial charge in [-0.15, -0.1) is 11.3 Å². The van der Waals surface area contributed by atoms with Gasteiger partial charge in [-0.05, 0) is 60.7 Å². The van der Waals surface area contributed by atoms with Crippen molar-refractivity contribution in [2.24, 2.45) is 0 Å². The number of sulfonamides is 1. The summed E-state index contributed by atoms with van der Waals surface area (Å²) in [6.07, 6.45) is 8.86. The van der Waals surface area contributed by atoms with Gasteiger partial charge in [0.1, 0.15) is 10.7 Å². The zero-order valence-electron chi connectivity index (χ0n) is 17.5. The fourth-order valence-corrected chi connectivity index (χ4v) is 3.85. The minimum atomic E-state index is -4.30. The van der Waals surface area contributed by atoms with E-state index in [0.29, 0.717) is 18.7 Å². The van der Waals surface area contributed by atoms with Crippen LogP contribution in [0.2, 0.25) is 0 Å². The molecule has 0 spiro atoms. The Bertz CT molecular complexity index is 1340. The van der Waals surface area contributed by atoms with Gasteiger partial charge in [-0.2, -0.15) is 5.10 Å². The van der Waals surface area contributed by atoms with Crippen LogP contribution in [-0.4, -0.2) is 36.6 Å². The molecule has 0 saturated carbocycles. The van der Waals surface area contributed by atoms with E-state index in [9.17, 15) is 22.4 Å². The van der Waals surface area contributed by atoms with Crippen molar-refractivity contribution in [1.29, 1.82) is 0 Å². The van der Waals surface area contributed by atoms with Crippen molar-refractivity contribution < 1.29 is 22.4 Å². The summed E-state index contributed by atoms with van der Waals surface area (Å²) < 4.78 is 39.9. The number of terminal acetylenes is 1. The molecular formula is C22H20FN5O4S. The summed E-state index contributed by atoms with van der Waals surface area (Å²) >= 11 is 0. The summed E-state index contributed by atoms with van der Waals surface area (Å²) in [5.41, 5.74) is 4.38. The van der Waals surface area contributed by atoms with E-state index in [1.165, 1.54) is 18.2 Å². The largest absolute Gasteiger partial charge is 0.345 e. The number of nitrogens with zero attached hydrogens (tertiary/aromatic N) is 2. The third-order valence-corrected chi connectivity index (χ3v) is 5.76. The first-order valence-corrected chi connectivity index (χ1v) is 11.1. The van der Waals surface area contributed by atoms with Crippen LogP contribution in [0, 0.1) is 25.1 Å². The Morgan fingerprint density at radius 1 is 1.21 bits per heavy atom. The number of benzene rings is 2. The lowest BCUT2D eigenvalue weighted by molar-refractivity contribution is -0.115. The molecule has 0 saturated heterocycles. The highest BCUT2D eigenvalue weighted by Gasteiger charge is 2.20. The molecule has 33 heavy (non-hydrogen) atoms. The molecule has 0 radical (unpaired) electrons. The summed E-state index contributed by atoms with van der Waals surface area (Å²) in [5, 5.41) is 6.82. The standard InChI is InChI=1S/C22H20FN5O4S/c1-3-21(29)24-9-8-16-13-25-28(14-16)18-11-15(2)10-17(12-18)22(30)26-27-33(31,32)20-7-5-4-6-19(20)23/h1,4-7,10-14,27H,8-9H2,2H3,(H,24,29)(H,26,30). The van der Waals surface area contributed by atoms with Crippen LogP contribution in [0.3, 0.4) is 0 Å². The molecule has 2 aromatic carbocycles. The second-order valence-corrected chi connectivity index (χ2v) is 8.64. The van der Waals surface area contributed by atoms with Crippen LogP contribution < -0.4 is 15.6 Å². The molecule has 1 heterocycles. The number of hydrogen-bond donors (Lipinski definition) is 3. The molecule has 0 unspecified atom stereocenters. The highest BCUT2D eigenvalue weighted by Crippen LogP contribution is 2.16. The molecule has 9 nitrogen and oxygen atoms in total. The normalized spacial score (nSPS) is 10.9. The van der Waals surface area contributed by atoms with Crippen LogP contribution in [0.25, 0.3) is 5.69 Å². The molecule has 0 bridgehead atoms. The maximum absolute atomic E-state index is 13.8. The average molecular weight is 469 g/mol. The Morgan fingerprint density at radius 3 is 2.70 bits per heavy atom. The van der Waals surface area contributed by atoms with E-state index in [1.54, 1.807) is 36.1 Å². The summed E-state index contributed by atoms with van der Waals surface area (Å²) in [6, 6.07) is 9.69. The minimum Gasteiger partial charge on any atom is -0.345 e. The van der Waals surface area contributed by atoms with Crippen LogP contribution in [0.1, 0.15) is 21.5 Å². The molecule has 1 aromatic heterocycles. The van der Waals surface area contributed by atoms with Crippen LogP contribution in [0.4, 0.5) is 4.39 Å². The second-order valence-electron chi connectivity index (χ2n) is 6.99. The average Bonchev–Trinajstić information content (AvgIpc) is 3.26. The maximum atomic E-state index is 13.8. The number of amides is 2. The van der Waals surface area contributed by atoms with E-state index in [-0.39, 0.29) is 5.56 Å². The Kier molecular flexibility index (Phi) is 7.22. The lowest BCUT2D eigenvalue weighted by Crippen LogP contribution is -2.41. The number of hydrogen-bond acceptors (Lipinski definition) is 5. The van der Waals surface area contributed by atoms with Crippen molar-refractivity contribution in [3.63, 3.8) is 0 Å². The molecule has 2 amide bonds. The summed E-state index contributed by atoms with van der Waals surface area (Å²) in [4.78, 5) is 25.0. The van der Waals surface area contributed by atoms with Crippen molar-refractivity contribution in [2.45, 2.75) is 18.2 Å². The van der Waals surface area contributed by atoms with E-state index in [0.717, 1.165) is 23.3 Å². The highest BCUT2D eigenvalue weighted by molar-refractivity contribution is 7.89. The predicted octanol–water partition coefficient (Wildman–Crippen LogP) is 1.24. The SMILES string of the molecule is C#CC(=O)NCCc1cnn(-c2cc(C)cc(C(=O)NNS(=O)(=O)c3ccccc3F)c2)c1. The summed E-state index contributed by atoms with van der Waals surface area (Å²) in [5.74, 6) is -0.203. The van der Waals surface area contributed by atoms with Gasteiger partial charge in [0, 0.05) is 18.3 Å². The number of carbonyl (C=O) groups is 2. The van der Waals surface area contributed by atoms with Gasteiger partial charge in [-0.3, -0.25) is 15.0 Å². The first-order valence-electron chi connectivity index (χ1n) is 9.66. The molecular weight excluding hydrogens is 449 g/mol. The number of aryl methyl sites for hydroxylation is 1. The molecule has 0 aliphatic rings. The molecule has 3 rings (SSSR count). The number of nitrogens with one attached hydrogen (secondary N) is 3. The van der Waals surface area contributed by atoms with Gasteiger partial charge in [0.15, 0.2) is 0 Å². The monoisotopic (exact) mass is 469 g/mol. The number of halogens is 1. The molecule has 3 N–H and O–H groups in total. The zero-order chi connectivity index (χ0) is 24.0. The second kappa shape index (κ2) is 10.1. The van der Waals surface area contributed by atoms with Gasteiger partial charge in [-0.1, -0.05) is 12.1 Å². The van der Waals surface area contributed by atoms with E-state index < -0.39 is 32.6 Å². The molecule has 3 aromatic rings. The van der Waals surface area contributed by atoms with E-state index >= 15 is 0 Å². The molecule has 0 aliphatic carbocycles. The van der Waals surface area contributed by atoms with E-state index in [1.807, 2.05) is 10.8 Å².